The summed E-state index contributed by atoms with van der Waals surface area (Å²) in [6.45, 7) is 1.48. The van der Waals surface area contributed by atoms with Crippen molar-refractivity contribution in [3.63, 3.8) is 0 Å². The second-order valence-corrected chi connectivity index (χ2v) is 6.28. The Morgan fingerprint density at radius 2 is 1.71 bits per heavy atom. The van der Waals surface area contributed by atoms with E-state index in [4.69, 9.17) is 4.74 Å². The molecular formula is C12H16O2. The highest BCUT2D eigenvalue weighted by Crippen LogP contribution is 3.00. The van der Waals surface area contributed by atoms with Gasteiger partial charge in [-0.15, -0.1) is 0 Å². The summed E-state index contributed by atoms with van der Waals surface area (Å²) in [4.78, 5) is 0. The van der Waals surface area contributed by atoms with E-state index in [1.807, 2.05) is 7.11 Å². The molecule has 0 heterocycles. The van der Waals surface area contributed by atoms with Crippen molar-refractivity contribution in [2.45, 2.75) is 0 Å². The van der Waals surface area contributed by atoms with Gasteiger partial charge in [0.2, 0.25) is 0 Å². The van der Waals surface area contributed by atoms with Crippen LogP contribution in [-0.4, -0.2) is 25.4 Å². The van der Waals surface area contributed by atoms with Crippen LogP contribution in [0, 0.1) is 52.8 Å². The van der Waals surface area contributed by atoms with Crippen molar-refractivity contribution in [1.82, 2.24) is 0 Å². The molecule has 0 amide bonds. The van der Waals surface area contributed by atoms with Crippen molar-refractivity contribution in [1.29, 1.82) is 0 Å². The Hall–Kier alpha value is -0.0800. The molecule has 0 aromatic heterocycles. The molecule has 6 aliphatic rings. The minimum absolute atomic E-state index is 0.463. The first-order valence-electron chi connectivity index (χ1n) is 5.97. The molecule has 6 atom stereocenters. The third kappa shape index (κ3) is 0.396. The molecule has 6 saturated carbocycles. The lowest BCUT2D eigenvalue weighted by molar-refractivity contribution is 0.111. The Morgan fingerprint density at radius 1 is 1.07 bits per heavy atom. The van der Waals surface area contributed by atoms with Gasteiger partial charge in [-0.05, 0) is 47.3 Å². The van der Waals surface area contributed by atoms with Gasteiger partial charge >= 0.3 is 0 Å². The standard InChI is InChI=1S/C12H16O2/c1-14-3-12-9-7-5-4(2-13)6(8(7)9)11(12)10(5)12/h4-11,13H,2-3H2,1H3. The van der Waals surface area contributed by atoms with E-state index in [1.54, 1.807) is 0 Å². The van der Waals surface area contributed by atoms with Crippen LogP contribution < -0.4 is 0 Å². The second kappa shape index (κ2) is 1.69. The number of aliphatic hydroxyl groups excluding tert-OH is 1. The molecule has 6 fully saturated rings. The predicted molar refractivity (Wildman–Crippen MR) is 49.3 cm³/mol. The van der Waals surface area contributed by atoms with Crippen LogP contribution in [0.2, 0.25) is 0 Å². The van der Waals surface area contributed by atoms with Crippen molar-refractivity contribution in [2.75, 3.05) is 20.3 Å². The molecule has 6 unspecified atom stereocenters. The molecule has 76 valence electrons. The Labute approximate surface area is 83.6 Å². The molecule has 0 spiro atoms. The van der Waals surface area contributed by atoms with Crippen molar-refractivity contribution < 1.29 is 9.84 Å². The van der Waals surface area contributed by atoms with E-state index in [1.165, 1.54) is 0 Å². The van der Waals surface area contributed by atoms with Crippen molar-refractivity contribution in [3.05, 3.63) is 0 Å². The first-order chi connectivity index (χ1) is 6.88. The summed E-state index contributed by atoms with van der Waals surface area (Å²) < 4.78 is 5.44. The van der Waals surface area contributed by atoms with E-state index >= 15 is 0 Å². The monoisotopic (exact) mass is 192 g/mol. The zero-order valence-electron chi connectivity index (χ0n) is 8.39. The van der Waals surface area contributed by atoms with Crippen molar-refractivity contribution in [2.24, 2.45) is 52.8 Å². The highest BCUT2D eigenvalue weighted by atomic mass is 16.5. The molecule has 0 aromatic carbocycles. The molecule has 2 heteroatoms. The molecule has 0 aromatic rings. The molecule has 1 N–H and O–H groups in total. The van der Waals surface area contributed by atoms with Crippen LogP contribution in [0.1, 0.15) is 0 Å². The molecular weight excluding hydrogens is 176 g/mol. The van der Waals surface area contributed by atoms with Gasteiger partial charge in [-0.25, -0.2) is 0 Å². The van der Waals surface area contributed by atoms with E-state index in [2.05, 4.69) is 0 Å². The molecule has 0 radical (unpaired) electrons. The average molecular weight is 192 g/mol. The topological polar surface area (TPSA) is 29.5 Å². The third-order valence-electron chi connectivity index (χ3n) is 6.58. The number of hydrogen-bond acceptors (Lipinski definition) is 2. The van der Waals surface area contributed by atoms with Crippen LogP contribution in [0.25, 0.3) is 0 Å². The maximum absolute atomic E-state index is 9.42. The first kappa shape index (κ1) is 7.24. The lowest BCUT2D eigenvalue weighted by Crippen LogP contribution is -2.19. The minimum atomic E-state index is 0.463. The summed E-state index contributed by atoms with van der Waals surface area (Å²) in [6.07, 6.45) is 0. The first-order valence-corrected chi connectivity index (χ1v) is 5.97. The Bertz CT molecular complexity index is 315. The fourth-order valence-corrected chi connectivity index (χ4v) is 6.85. The molecule has 0 saturated heterocycles. The fraction of sp³-hybridized carbons (Fsp3) is 1.00. The molecule has 0 aliphatic heterocycles. The number of ether oxygens (including phenoxy) is 1. The Kier molecular flexibility index (Phi) is 0.875. The molecule has 14 heavy (non-hydrogen) atoms. The Morgan fingerprint density at radius 3 is 2.21 bits per heavy atom. The SMILES string of the molecule is COCC12C3C4C3C3C(CO)C4C1C32. The van der Waals surface area contributed by atoms with Crippen LogP contribution in [-0.2, 0) is 4.74 Å². The molecule has 6 rings (SSSR count). The second-order valence-electron chi connectivity index (χ2n) is 6.28. The van der Waals surface area contributed by atoms with Crippen LogP contribution >= 0.6 is 0 Å². The summed E-state index contributed by atoms with van der Waals surface area (Å²) in [5.41, 5.74) is 0.644. The van der Waals surface area contributed by atoms with Gasteiger partial charge < -0.3 is 9.84 Å². The lowest BCUT2D eigenvalue weighted by atomic mass is 9.90. The Balaban J connectivity index is 1.61. The summed E-state index contributed by atoms with van der Waals surface area (Å²) in [5, 5.41) is 9.42. The number of rotatable bonds is 3. The van der Waals surface area contributed by atoms with Gasteiger partial charge in [-0.2, -0.15) is 0 Å². The van der Waals surface area contributed by atoms with Gasteiger partial charge in [-0.1, -0.05) is 0 Å². The summed E-state index contributed by atoms with van der Waals surface area (Å²) in [6, 6.07) is 0. The van der Waals surface area contributed by atoms with Gasteiger partial charge in [0.05, 0.1) is 6.61 Å². The largest absolute Gasteiger partial charge is 0.396 e. The minimum Gasteiger partial charge on any atom is -0.396 e. The van der Waals surface area contributed by atoms with E-state index in [9.17, 15) is 5.11 Å². The summed E-state index contributed by atoms with van der Waals surface area (Å²) >= 11 is 0. The third-order valence-corrected chi connectivity index (χ3v) is 6.58. The number of methoxy groups -OCH3 is 1. The van der Waals surface area contributed by atoms with E-state index < -0.39 is 0 Å². The van der Waals surface area contributed by atoms with Crippen LogP contribution in [0.3, 0.4) is 0 Å². The van der Waals surface area contributed by atoms with Crippen LogP contribution in [0.15, 0.2) is 0 Å². The van der Waals surface area contributed by atoms with Gasteiger partial charge in [0.25, 0.3) is 0 Å². The smallest absolute Gasteiger partial charge is 0.0527 e. The highest BCUT2D eigenvalue weighted by molar-refractivity contribution is 5.45. The normalized spacial score (nSPS) is 78.4. The summed E-state index contributed by atoms with van der Waals surface area (Å²) in [5.74, 6) is 7.58. The van der Waals surface area contributed by atoms with E-state index in [0.29, 0.717) is 17.9 Å². The maximum atomic E-state index is 9.42. The average Bonchev–Trinajstić information content (AvgIpc) is 2.95. The number of hydrogen-bond donors (Lipinski definition) is 1. The molecule has 2 nitrogen and oxygen atoms in total. The zero-order valence-corrected chi connectivity index (χ0v) is 8.39. The quantitative estimate of drug-likeness (QED) is 0.710. The van der Waals surface area contributed by atoms with Gasteiger partial charge in [0.1, 0.15) is 0 Å². The molecule has 6 aliphatic carbocycles. The molecule has 2 bridgehead atoms. The highest BCUT2D eigenvalue weighted by Gasteiger charge is 2.99. The van der Waals surface area contributed by atoms with Gasteiger partial charge in [0.15, 0.2) is 0 Å². The van der Waals surface area contributed by atoms with E-state index in [-0.39, 0.29) is 0 Å². The van der Waals surface area contributed by atoms with Gasteiger partial charge in [-0.3, -0.25) is 0 Å². The summed E-state index contributed by atoms with van der Waals surface area (Å²) in [7, 11) is 1.85. The lowest BCUT2D eigenvalue weighted by Gasteiger charge is -2.18. The zero-order chi connectivity index (χ0) is 9.24. The van der Waals surface area contributed by atoms with E-state index in [0.717, 1.165) is 48.0 Å². The fourth-order valence-electron chi connectivity index (χ4n) is 6.85. The number of aliphatic hydroxyl groups is 1. The predicted octanol–water partition coefficient (Wildman–Crippen LogP) is 0.609. The maximum Gasteiger partial charge on any atom is 0.0527 e. The van der Waals surface area contributed by atoms with Crippen LogP contribution in [0.4, 0.5) is 0 Å². The van der Waals surface area contributed by atoms with Crippen LogP contribution in [0.5, 0.6) is 0 Å². The van der Waals surface area contributed by atoms with Crippen molar-refractivity contribution in [3.8, 4) is 0 Å². The van der Waals surface area contributed by atoms with Crippen molar-refractivity contribution >= 4 is 0 Å². The van der Waals surface area contributed by atoms with Gasteiger partial charge in [0, 0.05) is 19.1 Å².